The van der Waals surface area contributed by atoms with Gasteiger partial charge in [-0.05, 0) is 241 Å². The summed E-state index contributed by atoms with van der Waals surface area (Å²) < 4.78 is 4.88. The van der Waals surface area contributed by atoms with Gasteiger partial charge in [-0.2, -0.15) is 0 Å². The second-order valence-electron chi connectivity index (χ2n) is 28.2. The minimum absolute atomic E-state index is 1.05. The number of aryl methyl sites for hydroxylation is 2. The van der Waals surface area contributed by atoms with Crippen LogP contribution in [-0.2, 0) is 0 Å². The molecule has 17 aromatic carbocycles. The number of aromatic nitrogens is 2. The Balaban J connectivity index is 0.739. The van der Waals surface area contributed by atoms with Crippen LogP contribution in [0.3, 0.4) is 0 Å². The molecule has 0 N–H and O–H groups in total. The monoisotopic (exact) mass is 1380 g/mol. The Morgan fingerprint density at radius 2 is 0.444 bits per heavy atom. The van der Waals surface area contributed by atoms with E-state index in [1.165, 1.54) is 54.2 Å². The van der Waals surface area contributed by atoms with E-state index in [1.807, 2.05) is 0 Å². The summed E-state index contributed by atoms with van der Waals surface area (Å²) in [7, 11) is 0. The molecule has 8 heteroatoms. The Morgan fingerprint density at radius 3 is 0.796 bits per heavy atom. The first-order valence-electron chi connectivity index (χ1n) is 37.1. The number of para-hydroxylation sites is 12. The zero-order chi connectivity index (χ0) is 71.5. The van der Waals surface area contributed by atoms with E-state index in [1.54, 1.807) is 0 Å². The summed E-state index contributed by atoms with van der Waals surface area (Å²) in [5.74, 6) is 0. The molecule has 0 atom stereocenters. The molecular formula is C100H70N8. The number of hydrogen-bond acceptors (Lipinski definition) is 6. The fraction of sp³-hybridized carbons (Fsp3) is 0.0200. The molecule has 21 rings (SSSR count). The standard InChI is InChI=1S/C100H70N8/c1-67-81-57-55-80(108-94-54-28-26-52-92(94)106(78-46-30-44-76(60-78)102(71-35-13-5-14-36-71)72-37-15-6-16-38-72)98-64-88-84-48-22-24-50-90(84)104(96(88)66-100(98)108)74-41-19-8-20-42-74)62-86(81)68(2)82-58-56-79(61-85(67)82)107-93-53-27-25-51-91(93)105(77-45-29-43-75(59-77)101(69-31-9-3-10-32-69)70-33-11-4-12-34-70)97-63-87-83-47-21-23-49-89(83)103(95(87)65-99(97)107)73-39-17-7-18-40-73/h3-66H,1-2H3. The first kappa shape index (κ1) is 62.2. The highest BCUT2D eigenvalue weighted by atomic mass is 15.3. The number of hydrogen-bond donors (Lipinski definition) is 0. The Hall–Kier alpha value is -14.3. The lowest BCUT2D eigenvalue weighted by atomic mass is 9.91. The van der Waals surface area contributed by atoms with Crippen molar-refractivity contribution in [2.45, 2.75) is 13.8 Å². The largest absolute Gasteiger partial charge is 0.310 e. The molecule has 2 aromatic heterocycles. The van der Waals surface area contributed by atoms with Gasteiger partial charge in [0.15, 0.2) is 0 Å². The van der Waals surface area contributed by atoms with Crippen molar-refractivity contribution in [3.8, 4) is 11.4 Å². The molecule has 0 saturated heterocycles. The van der Waals surface area contributed by atoms with E-state index >= 15 is 0 Å². The van der Waals surface area contributed by atoms with Gasteiger partial charge in [-0.1, -0.05) is 194 Å². The SMILES string of the molecule is Cc1c2ccc(N3c4ccccc4N(c4cccc(N(c5ccccc5)c5ccccc5)c4)c4cc5c6ccccc6n(-c6ccccc6)c5cc43)cc2c(C)c2ccc(N3c4ccccc4N(c4cccc(N(c5ccccc5)c5ccccc5)c4)c4cc5c6ccccc6n(-c6ccccc6)c5cc43)cc12. The summed E-state index contributed by atoms with van der Waals surface area (Å²) in [5, 5.41) is 9.59. The van der Waals surface area contributed by atoms with Crippen LogP contribution in [0.2, 0.25) is 0 Å². The third kappa shape index (κ3) is 9.91. The molecule has 4 heterocycles. The van der Waals surface area contributed by atoms with Crippen LogP contribution >= 0.6 is 0 Å². The van der Waals surface area contributed by atoms with E-state index in [2.05, 4.69) is 441 Å². The molecule has 0 fully saturated rings. The van der Waals surface area contributed by atoms with Gasteiger partial charge in [0.25, 0.3) is 0 Å². The summed E-state index contributed by atoms with van der Waals surface area (Å²) >= 11 is 0. The molecule has 0 saturated carbocycles. The lowest BCUT2D eigenvalue weighted by Crippen LogP contribution is -2.24. The first-order valence-corrected chi connectivity index (χ1v) is 37.1. The van der Waals surface area contributed by atoms with Crippen molar-refractivity contribution in [2.75, 3.05) is 29.4 Å². The number of benzene rings is 17. The molecule has 510 valence electrons. The number of fused-ring (bicyclic) bond motifs is 12. The van der Waals surface area contributed by atoms with Crippen molar-refractivity contribution in [3.63, 3.8) is 0 Å². The minimum Gasteiger partial charge on any atom is -0.310 e. The highest BCUT2D eigenvalue weighted by Crippen LogP contribution is 2.60. The minimum atomic E-state index is 1.05. The van der Waals surface area contributed by atoms with Gasteiger partial charge in [0.05, 0.1) is 67.6 Å². The van der Waals surface area contributed by atoms with Crippen LogP contribution in [0.25, 0.3) is 76.5 Å². The van der Waals surface area contributed by atoms with Crippen molar-refractivity contribution in [1.82, 2.24) is 9.13 Å². The summed E-state index contributed by atoms with van der Waals surface area (Å²) in [4.78, 5) is 14.7. The van der Waals surface area contributed by atoms with Crippen molar-refractivity contribution in [3.05, 3.63) is 399 Å². The Labute approximate surface area is 626 Å². The highest BCUT2D eigenvalue weighted by molar-refractivity contribution is 6.18. The molecule has 2 aliphatic heterocycles. The Bertz CT molecular complexity index is 6250. The van der Waals surface area contributed by atoms with E-state index < -0.39 is 0 Å². The predicted molar refractivity (Wildman–Crippen MR) is 455 cm³/mol. The van der Waals surface area contributed by atoms with E-state index in [9.17, 15) is 0 Å². The van der Waals surface area contributed by atoms with E-state index in [0.29, 0.717) is 0 Å². The average Bonchev–Trinajstić information content (AvgIpc) is 1.41. The van der Waals surface area contributed by atoms with Gasteiger partial charge in [0.1, 0.15) is 0 Å². The van der Waals surface area contributed by atoms with Crippen LogP contribution in [0.4, 0.5) is 102 Å². The topological polar surface area (TPSA) is 29.3 Å². The third-order valence-corrected chi connectivity index (χ3v) is 22.1. The molecule has 0 amide bonds. The van der Waals surface area contributed by atoms with Gasteiger partial charge in [0, 0.05) is 89.8 Å². The maximum atomic E-state index is 2.51. The molecule has 0 unspecified atom stereocenters. The molecule has 2 aliphatic rings. The lowest BCUT2D eigenvalue weighted by molar-refractivity contribution is 1.15. The molecule has 0 radical (unpaired) electrons. The van der Waals surface area contributed by atoms with Gasteiger partial charge < -0.3 is 38.5 Å². The zero-order valence-corrected chi connectivity index (χ0v) is 59.5. The van der Waals surface area contributed by atoms with Gasteiger partial charge >= 0.3 is 0 Å². The maximum absolute atomic E-state index is 2.51. The third-order valence-electron chi connectivity index (χ3n) is 22.1. The molecule has 0 spiro atoms. The fourth-order valence-corrected chi connectivity index (χ4v) is 17.4. The second kappa shape index (κ2) is 25.2. The fourth-order valence-electron chi connectivity index (χ4n) is 17.4. The summed E-state index contributed by atoms with van der Waals surface area (Å²) in [5.41, 5.74) is 28.6. The molecule has 0 aliphatic carbocycles. The maximum Gasteiger partial charge on any atom is 0.0724 e. The van der Waals surface area contributed by atoms with E-state index in [4.69, 9.17) is 0 Å². The summed E-state index contributed by atoms with van der Waals surface area (Å²) in [6.07, 6.45) is 0. The Morgan fingerprint density at radius 1 is 0.167 bits per heavy atom. The summed E-state index contributed by atoms with van der Waals surface area (Å²) in [6.45, 7) is 4.65. The molecular weight excluding hydrogens is 1310 g/mol. The number of rotatable bonds is 12. The molecule has 8 nitrogen and oxygen atoms in total. The van der Waals surface area contributed by atoms with E-state index in [0.717, 1.165) is 136 Å². The average molecular weight is 1380 g/mol. The molecule has 108 heavy (non-hydrogen) atoms. The van der Waals surface area contributed by atoms with Crippen LogP contribution in [0, 0.1) is 13.8 Å². The van der Waals surface area contributed by atoms with Crippen molar-refractivity contribution >= 4 is 168 Å². The van der Waals surface area contributed by atoms with Crippen molar-refractivity contribution in [2.24, 2.45) is 0 Å². The lowest BCUT2D eigenvalue weighted by Gasteiger charge is -2.41. The molecule has 0 bridgehead atoms. The molecule has 19 aromatic rings. The summed E-state index contributed by atoms with van der Waals surface area (Å²) in [6, 6.07) is 142. The van der Waals surface area contributed by atoms with Gasteiger partial charge in [-0.3, -0.25) is 0 Å². The number of nitrogens with zero attached hydrogens (tertiary/aromatic N) is 8. The van der Waals surface area contributed by atoms with Crippen molar-refractivity contribution < 1.29 is 0 Å². The smallest absolute Gasteiger partial charge is 0.0724 e. The predicted octanol–water partition coefficient (Wildman–Crippen LogP) is 28.2. The van der Waals surface area contributed by atoms with E-state index in [-0.39, 0.29) is 0 Å². The normalized spacial score (nSPS) is 12.5. The van der Waals surface area contributed by atoms with Crippen LogP contribution in [0.15, 0.2) is 388 Å². The van der Waals surface area contributed by atoms with Crippen LogP contribution in [0.1, 0.15) is 11.1 Å². The van der Waals surface area contributed by atoms with Crippen molar-refractivity contribution in [1.29, 1.82) is 0 Å². The number of anilines is 18. The van der Waals surface area contributed by atoms with Gasteiger partial charge in [-0.25, -0.2) is 0 Å². The zero-order valence-electron chi connectivity index (χ0n) is 59.5. The van der Waals surface area contributed by atoms with Gasteiger partial charge in [-0.15, -0.1) is 0 Å². The van der Waals surface area contributed by atoms with Gasteiger partial charge in [0.2, 0.25) is 0 Å². The quantitative estimate of drug-likeness (QED) is 0.113. The highest BCUT2D eigenvalue weighted by Gasteiger charge is 2.36. The van der Waals surface area contributed by atoms with Crippen LogP contribution < -0.4 is 29.4 Å². The first-order chi connectivity index (χ1) is 53.5. The second-order valence-corrected chi connectivity index (χ2v) is 28.2. The van der Waals surface area contributed by atoms with Crippen LogP contribution in [-0.4, -0.2) is 9.13 Å². The Kier molecular flexibility index (Phi) is 14.5. The van der Waals surface area contributed by atoms with Crippen LogP contribution in [0.5, 0.6) is 0 Å².